The number of halogens is 2. The van der Waals surface area contributed by atoms with Gasteiger partial charge in [0.25, 0.3) is 6.43 Å². The molecule has 1 fully saturated rings. The van der Waals surface area contributed by atoms with E-state index < -0.39 is 13.0 Å². The molecule has 1 aliphatic rings. The Bertz CT molecular complexity index is 1370. The SMILES string of the molecule is Cc1nc2ccc(-c3cc(O)n4nc(NC5CCC(C)(C)CC5)nc(N)c34)nc2n1CC(F)F. The van der Waals surface area contributed by atoms with Gasteiger partial charge in [-0.1, -0.05) is 13.8 Å². The van der Waals surface area contributed by atoms with Crippen LogP contribution in [0.5, 0.6) is 5.88 Å². The molecule has 0 aromatic carbocycles. The summed E-state index contributed by atoms with van der Waals surface area (Å²) in [7, 11) is 0. The predicted molar refractivity (Wildman–Crippen MR) is 126 cm³/mol. The van der Waals surface area contributed by atoms with Gasteiger partial charge in [-0.15, -0.1) is 5.10 Å². The molecule has 0 saturated heterocycles. The Hall–Kier alpha value is -3.50. The number of hydrogen-bond donors (Lipinski definition) is 3. The van der Waals surface area contributed by atoms with Gasteiger partial charge in [0.15, 0.2) is 11.5 Å². The normalized spacial score (nSPS) is 16.6. The predicted octanol–water partition coefficient (Wildman–Crippen LogP) is 4.38. The number of aromatic nitrogens is 6. The summed E-state index contributed by atoms with van der Waals surface area (Å²) in [6.45, 7) is 5.71. The number of nitrogens with zero attached hydrogens (tertiary/aromatic N) is 6. The molecule has 0 radical (unpaired) electrons. The Morgan fingerprint density at radius 1 is 1.21 bits per heavy atom. The van der Waals surface area contributed by atoms with Crippen LogP contribution in [0.4, 0.5) is 20.5 Å². The van der Waals surface area contributed by atoms with Crippen LogP contribution in [0.15, 0.2) is 18.2 Å². The topological polar surface area (TPSA) is 119 Å². The molecule has 4 aromatic rings. The number of aryl methyl sites for hydroxylation is 1. The summed E-state index contributed by atoms with van der Waals surface area (Å²) < 4.78 is 28.9. The fraction of sp³-hybridized carbons (Fsp3) is 0.478. The van der Waals surface area contributed by atoms with E-state index in [1.807, 2.05) is 0 Å². The number of nitrogen functional groups attached to an aromatic ring is 1. The van der Waals surface area contributed by atoms with Crippen molar-refractivity contribution < 1.29 is 13.9 Å². The molecule has 4 N–H and O–H groups in total. The van der Waals surface area contributed by atoms with Crippen molar-refractivity contribution in [3.05, 3.63) is 24.0 Å². The average Bonchev–Trinajstić information content (AvgIpc) is 3.26. The standard InChI is InChI=1S/C23H28F2N8O/c1-12-27-16-5-4-15(29-21(16)32(12)11-17(24)25)14-10-18(34)33-19(14)20(26)30-22(31-33)28-13-6-8-23(2,3)9-7-13/h4-5,10,13,17,34H,6-9,11H2,1-3H3,(H3,26,28,30,31). The average molecular weight is 471 g/mol. The van der Waals surface area contributed by atoms with Gasteiger partial charge >= 0.3 is 0 Å². The van der Waals surface area contributed by atoms with E-state index in [0.29, 0.717) is 45.1 Å². The zero-order valence-corrected chi connectivity index (χ0v) is 19.4. The van der Waals surface area contributed by atoms with Crippen LogP contribution in [0.3, 0.4) is 0 Å². The largest absolute Gasteiger partial charge is 0.493 e. The van der Waals surface area contributed by atoms with Crippen LogP contribution in [-0.4, -0.2) is 46.7 Å². The summed E-state index contributed by atoms with van der Waals surface area (Å²) in [5, 5.41) is 18.4. The van der Waals surface area contributed by atoms with Crippen LogP contribution in [0.2, 0.25) is 0 Å². The van der Waals surface area contributed by atoms with Crippen LogP contribution in [0.25, 0.3) is 27.9 Å². The highest BCUT2D eigenvalue weighted by Crippen LogP contribution is 2.37. The lowest BCUT2D eigenvalue weighted by Gasteiger charge is -2.34. The Kier molecular flexibility index (Phi) is 5.29. The van der Waals surface area contributed by atoms with E-state index in [-0.39, 0.29) is 17.7 Å². The molecule has 0 unspecified atom stereocenters. The van der Waals surface area contributed by atoms with Crippen LogP contribution in [-0.2, 0) is 6.54 Å². The number of nitrogens with two attached hydrogens (primary N) is 1. The molecule has 0 aliphatic heterocycles. The molecule has 9 nitrogen and oxygen atoms in total. The van der Waals surface area contributed by atoms with Gasteiger partial charge < -0.3 is 20.7 Å². The van der Waals surface area contributed by atoms with Crippen molar-refractivity contribution in [2.45, 2.75) is 65.5 Å². The highest BCUT2D eigenvalue weighted by molar-refractivity contribution is 5.89. The van der Waals surface area contributed by atoms with E-state index in [2.05, 4.69) is 39.2 Å². The molecule has 1 aliphatic carbocycles. The van der Waals surface area contributed by atoms with E-state index >= 15 is 0 Å². The fourth-order valence-electron chi connectivity index (χ4n) is 4.72. The molecule has 34 heavy (non-hydrogen) atoms. The Labute approximate surface area is 195 Å². The number of hydrogen-bond acceptors (Lipinski definition) is 7. The molecule has 11 heteroatoms. The maximum Gasteiger partial charge on any atom is 0.256 e. The van der Waals surface area contributed by atoms with E-state index in [0.717, 1.165) is 25.7 Å². The molecular formula is C23H28F2N8O. The maximum atomic E-state index is 13.1. The lowest BCUT2D eigenvalue weighted by atomic mass is 9.76. The lowest BCUT2D eigenvalue weighted by molar-refractivity contribution is 0.127. The maximum absolute atomic E-state index is 13.1. The number of imidazole rings is 1. The molecule has 0 atom stereocenters. The van der Waals surface area contributed by atoms with Crippen molar-refractivity contribution in [1.82, 2.24) is 29.1 Å². The Morgan fingerprint density at radius 3 is 2.65 bits per heavy atom. The highest BCUT2D eigenvalue weighted by atomic mass is 19.3. The summed E-state index contributed by atoms with van der Waals surface area (Å²) >= 11 is 0. The molecule has 180 valence electrons. The molecule has 5 rings (SSSR count). The minimum Gasteiger partial charge on any atom is -0.493 e. The second-order valence-corrected chi connectivity index (χ2v) is 9.78. The molecule has 4 heterocycles. The summed E-state index contributed by atoms with van der Waals surface area (Å²) in [6.07, 6.45) is 1.69. The van der Waals surface area contributed by atoms with Gasteiger partial charge in [-0.3, -0.25) is 0 Å². The van der Waals surface area contributed by atoms with Gasteiger partial charge in [-0.2, -0.15) is 9.50 Å². The zero-order chi connectivity index (χ0) is 24.2. The third-order valence-corrected chi connectivity index (χ3v) is 6.67. The van der Waals surface area contributed by atoms with Crippen molar-refractivity contribution in [3.8, 4) is 17.1 Å². The van der Waals surface area contributed by atoms with E-state index in [4.69, 9.17) is 5.73 Å². The smallest absolute Gasteiger partial charge is 0.256 e. The zero-order valence-electron chi connectivity index (χ0n) is 19.4. The van der Waals surface area contributed by atoms with Gasteiger partial charge in [-0.25, -0.2) is 18.7 Å². The van der Waals surface area contributed by atoms with Crippen molar-refractivity contribution in [2.24, 2.45) is 5.41 Å². The van der Waals surface area contributed by atoms with E-state index in [1.54, 1.807) is 19.1 Å². The first-order chi connectivity index (χ1) is 16.1. The second kappa shape index (κ2) is 8.07. The molecule has 0 spiro atoms. The summed E-state index contributed by atoms with van der Waals surface area (Å²) in [5.74, 6) is 0.865. The number of rotatable bonds is 5. The number of nitrogens with one attached hydrogen (secondary N) is 1. The Morgan fingerprint density at radius 2 is 1.94 bits per heavy atom. The Balaban J connectivity index is 1.52. The molecule has 0 bridgehead atoms. The fourth-order valence-corrected chi connectivity index (χ4v) is 4.72. The first-order valence-corrected chi connectivity index (χ1v) is 11.4. The second-order valence-electron chi connectivity index (χ2n) is 9.78. The van der Waals surface area contributed by atoms with Crippen molar-refractivity contribution in [2.75, 3.05) is 11.1 Å². The van der Waals surface area contributed by atoms with Gasteiger partial charge in [0.2, 0.25) is 11.8 Å². The molecule has 1 saturated carbocycles. The van der Waals surface area contributed by atoms with Crippen LogP contribution < -0.4 is 11.1 Å². The van der Waals surface area contributed by atoms with E-state index in [9.17, 15) is 13.9 Å². The van der Waals surface area contributed by atoms with Crippen LogP contribution >= 0.6 is 0 Å². The van der Waals surface area contributed by atoms with Crippen molar-refractivity contribution in [3.63, 3.8) is 0 Å². The van der Waals surface area contributed by atoms with Crippen LogP contribution in [0.1, 0.15) is 45.4 Å². The molecular weight excluding hydrogens is 442 g/mol. The van der Waals surface area contributed by atoms with Gasteiger partial charge in [0.05, 0.1) is 12.2 Å². The summed E-state index contributed by atoms with van der Waals surface area (Å²) in [5.41, 5.74) is 8.85. The summed E-state index contributed by atoms with van der Waals surface area (Å²) in [4.78, 5) is 13.3. The van der Waals surface area contributed by atoms with E-state index in [1.165, 1.54) is 15.1 Å². The number of alkyl halides is 2. The quantitative estimate of drug-likeness (QED) is 0.396. The number of fused-ring (bicyclic) bond motifs is 2. The number of anilines is 2. The third kappa shape index (κ3) is 3.99. The van der Waals surface area contributed by atoms with Gasteiger partial charge in [-0.05, 0) is 50.2 Å². The number of aromatic hydroxyl groups is 1. The molecule has 0 amide bonds. The number of pyridine rings is 1. The first-order valence-electron chi connectivity index (χ1n) is 11.4. The van der Waals surface area contributed by atoms with Crippen LogP contribution in [0, 0.1) is 12.3 Å². The minimum absolute atomic E-state index is 0.119. The minimum atomic E-state index is -2.54. The highest BCUT2D eigenvalue weighted by Gasteiger charge is 2.27. The van der Waals surface area contributed by atoms with Crippen molar-refractivity contribution >= 4 is 28.4 Å². The van der Waals surface area contributed by atoms with Gasteiger partial charge in [0, 0.05) is 17.7 Å². The van der Waals surface area contributed by atoms with Crippen molar-refractivity contribution in [1.29, 1.82) is 0 Å². The third-order valence-electron chi connectivity index (χ3n) is 6.67. The summed E-state index contributed by atoms with van der Waals surface area (Å²) in [6, 6.07) is 5.17. The molecule has 4 aromatic heterocycles. The lowest BCUT2D eigenvalue weighted by Crippen LogP contribution is -2.30. The van der Waals surface area contributed by atoms with Gasteiger partial charge in [0.1, 0.15) is 16.9 Å². The monoisotopic (exact) mass is 470 g/mol. The first kappa shape index (κ1) is 22.3.